The van der Waals surface area contributed by atoms with Crippen LogP contribution in [0.15, 0.2) is 0 Å². The number of rotatable bonds is 2. The number of hydrogen-bond donors (Lipinski definition) is 2. The standard InChI is InChI=1S/C12H24N2O3S/c13-12(10-15)4-1-3-11(9-12)14-5-2-7-18(16,17)8-6-14/h11,15H,1-10,13H2. The van der Waals surface area contributed by atoms with E-state index in [2.05, 4.69) is 4.90 Å². The maximum absolute atomic E-state index is 11.6. The van der Waals surface area contributed by atoms with Gasteiger partial charge in [0.25, 0.3) is 0 Å². The third kappa shape index (κ3) is 3.44. The Hall–Kier alpha value is -0.170. The highest BCUT2D eigenvalue weighted by Crippen LogP contribution is 2.29. The van der Waals surface area contributed by atoms with Gasteiger partial charge in [0.1, 0.15) is 0 Å². The summed E-state index contributed by atoms with van der Waals surface area (Å²) < 4.78 is 23.2. The monoisotopic (exact) mass is 276 g/mol. The van der Waals surface area contributed by atoms with Gasteiger partial charge in [-0.2, -0.15) is 0 Å². The molecule has 1 saturated carbocycles. The Kier molecular flexibility index (Phi) is 4.31. The quantitative estimate of drug-likeness (QED) is 0.726. The fourth-order valence-corrected chi connectivity index (χ4v) is 4.43. The van der Waals surface area contributed by atoms with Crippen molar-refractivity contribution >= 4 is 9.84 Å². The van der Waals surface area contributed by atoms with E-state index < -0.39 is 15.4 Å². The Morgan fingerprint density at radius 2 is 2.06 bits per heavy atom. The van der Waals surface area contributed by atoms with E-state index in [9.17, 15) is 13.5 Å². The van der Waals surface area contributed by atoms with E-state index in [1.165, 1.54) is 0 Å². The predicted octanol–water partition coefficient (Wildman–Crippen LogP) is -0.261. The molecule has 1 saturated heterocycles. The Morgan fingerprint density at radius 1 is 1.28 bits per heavy atom. The first-order valence-corrected chi connectivity index (χ1v) is 8.60. The van der Waals surface area contributed by atoms with Crippen LogP contribution >= 0.6 is 0 Å². The number of aliphatic hydroxyl groups is 1. The van der Waals surface area contributed by atoms with E-state index >= 15 is 0 Å². The van der Waals surface area contributed by atoms with Gasteiger partial charge in [-0.15, -0.1) is 0 Å². The topological polar surface area (TPSA) is 83.6 Å². The summed E-state index contributed by atoms with van der Waals surface area (Å²) in [4.78, 5) is 2.26. The summed E-state index contributed by atoms with van der Waals surface area (Å²) in [6, 6.07) is 0.337. The van der Waals surface area contributed by atoms with E-state index in [0.29, 0.717) is 18.3 Å². The summed E-state index contributed by atoms with van der Waals surface area (Å²) in [5, 5.41) is 9.37. The fraction of sp³-hybridized carbons (Fsp3) is 1.00. The molecular weight excluding hydrogens is 252 g/mol. The third-order valence-electron chi connectivity index (χ3n) is 4.28. The molecule has 3 N–H and O–H groups in total. The highest BCUT2D eigenvalue weighted by molar-refractivity contribution is 7.91. The molecule has 2 aliphatic rings. The van der Waals surface area contributed by atoms with Crippen LogP contribution in [0.25, 0.3) is 0 Å². The number of nitrogens with two attached hydrogens (primary N) is 1. The maximum Gasteiger partial charge on any atom is 0.151 e. The van der Waals surface area contributed by atoms with Gasteiger partial charge < -0.3 is 10.8 Å². The number of aliphatic hydroxyl groups excluding tert-OH is 1. The normalized spacial score (nSPS) is 38.2. The van der Waals surface area contributed by atoms with Crippen molar-refractivity contribution in [2.24, 2.45) is 5.73 Å². The van der Waals surface area contributed by atoms with Crippen LogP contribution in [0.3, 0.4) is 0 Å². The summed E-state index contributed by atoms with van der Waals surface area (Å²) in [6.45, 7) is 1.48. The molecule has 6 heteroatoms. The van der Waals surface area contributed by atoms with Crippen molar-refractivity contribution in [2.75, 3.05) is 31.2 Å². The van der Waals surface area contributed by atoms with E-state index in [1.807, 2.05) is 0 Å². The molecule has 2 fully saturated rings. The second kappa shape index (κ2) is 5.45. The van der Waals surface area contributed by atoms with Crippen LogP contribution in [0, 0.1) is 0 Å². The first-order valence-electron chi connectivity index (χ1n) is 6.78. The summed E-state index contributed by atoms with van der Waals surface area (Å²) in [5.41, 5.74) is 5.69. The van der Waals surface area contributed by atoms with Crippen molar-refractivity contribution in [3.8, 4) is 0 Å². The molecular formula is C12H24N2O3S. The lowest BCUT2D eigenvalue weighted by Crippen LogP contribution is -2.53. The summed E-state index contributed by atoms with van der Waals surface area (Å²) in [5.74, 6) is 0.574. The molecule has 0 aromatic rings. The minimum atomic E-state index is -2.85. The van der Waals surface area contributed by atoms with Gasteiger partial charge in [0, 0.05) is 18.1 Å². The van der Waals surface area contributed by atoms with Crippen LogP contribution in [0.2, 0.25) is 0 Å². The molecule has 106 valence electrons. The first kappa shape index (κ1) is 14.2. The van der Waals surface area contributed by atoms with Crippen LogP contribution in [-0.2, 0) is 9.84 Å². The van der Waals surface area contributed by atoms with E-state index in [4.69, 9.17) is 5.73 Å². The molecule has 2 rings (SSSR count). The lowest BCUT2D eigenvalue weighted by molar-refractivity contribution is 0.0852. The number of hydrogen-bond acceptors (Lipinski definition) is 5. The lowest BCUT2D eigenvalue weighted by atomic mass is 9.79. The fourth-order valence-electron chi connectivity index (χ4n) is 3.14. The second-order valence-electron chi connectivity index (χ2n) is 5.81. The van der Waals surface area contributed by atoms with E-state index in [0.717, 1.165) is 38.6 Å². The molecule has 0 aromatic carbocycles. The molecule has 0 bridgehead atoms. The molecule has 0 spiro atoms. The molecule has 0 aromatic heterocycles. The summed E-state index contributed by atoms with van der Waals surface area (Å²) in [7, 11) is -2.85. The van der Waals surface area contributed by atoms with Crippen LogP contribution in [-0.4, -0.2) is 61.2 Å². The molecule has 5 nitrogen and oxygen atoms in total. The molecule has 1 heterocycles. The maximum atomic E-state index is 11.6. The minimum Gasteiger partial charge on any atom is -0.394 e. The van der Waals surface area contributed by atoms with Gasteiger partial charge in [0.15, 0.2) is 9.84 Å². The predicted molar refractivity (Wildman–Crippen MR) is 71.1 cm³/mol. The zero-order chi connectivity index (χ0) is 13.2. The molecule has 2 atom stereocenters. The van der Waals surface area contributed by atoms with Crippen LogP contribution in [0.1, 0.15) is 32.1 Å². The molecule has 18 heavy (non-hydrogen) atoms. The molecule has 2 unspecified atom stereocenters. The van der Waals surface area contributed by atoms with Crippen LogP contribution in [0.4, 0.5) is 0 Å². The van der Waals surface area contributed by atoms with Gasteiger partial charge >= 0.3 is 0 Å². The van der Waals surface area contributed by atoms with Gasteiger partial charge in [0.2, 0.25) is 0 Å². The highest BCUT2D eigenvalue weighted by atomic mass is 32.2. The average Bonchev–Trinajstić information content (AvgIpc) is 2.50. The number of sulfone groups is 1. The van der Waals surface area contributed by atoms with E-state index in [-0.39, 0.29) is 12.4 Å². The van der Waals surface area contributed by atoms with Crippen molar-refractivity contribution < 1.29 is 13.5 Å². The third-order valence-corrected chi connectivity index (χ3v) is 5.99. The van der Waals surface area contributed by atoms with Gasteiger partial charge in [-0.25, -0.2) is 8.42 Å². The molecule has 0 amide bonds. The molecule has 1 aliphatic carbocycles. The van der Waals surface area contributed by atoms with Gasteiger partial charge in [-0.3, -0.25) is 4.90 Å². The lowest BCUT2D eigenvalue weighted by Gasteiger charge is -2.41. The molecule has 0 radical (unpaired) electrons. The molecule has 1 aliphatic heterocycles. The van der Waals surface area contributed by atoms with Gasteiger partial charge in [0.05, 0.1) is 18.1 Å². The van der Waals surface area contributed by atoms with Gasteiger partial charge in [-0.1, -0.05) is 0 Å². The van der Waals surface area contributed by atoms with Crippen molar-refractivity contribution in [1.29, 1.82) is 0 Å². The summed E-state index contributed by atoms with van der Waals surface area (Å²) in [6.07, 6.45) is 4.45. The second-order valence-corrected chi connectivity index (χ2v) is 8.12. The van der Waals surface area contributed by atoms with Crippen LogP contribution in [0.5, 0.6) is 0 Å². The van der Waals surface area contributed by atoms with Crippen molar-refractivity contribution in [2.45, 2.75) is 43.7 Å². The zero-order valence-electron chi connectivity index (χ0n) is 10.8. The Labute approximate surface area is 109 Å². The largest absolute Gasteiger partial charge is 0.394 e. The first-order chi connectivity index (χ1) is 8.44. The van der Waals surface area contributed by atoms with Crippen LogP contribution < -0.4 is 5.73 Å². The Bertz CT molecular complexity index is 385. The van der Waals surface area contributed by atoms with E-state index in [1.54, 1.807) is 0 Å². The summed E-state index contributed by atoms with van der Waals surface area (Å²) >= 11 is 0. The Morgan fingerprint density at radius 3 is 2.78 bits per heavy atom. The smallest absolute Gasteiger partial charge is 0.151 e. The highest BCUT2D eigenvalue weighted by Gasteiger charge is 2.35. The zero-order valence-corrected chi connectivity index (χ0v) is 11.7. The minimum absolute atomic E-state index is 0.0235. The SMILES string of the molecule is NC1(CO)CCCC(N2CCCS(=O)(=O)CC2)C1. The van der Waals surface area contributed by atoms with Crippen molar-refractivity contribution in [3.05, 3.63) is 0 Å². The van der Waals surface area contributed by atoms with Gasteiger partial charge in [-0.05, 0) is 38.6 Å². The van der Waals surface area contributed by atoms with Crippen molar-refractivity contribution in [3.63, 3.8) is 0 Å². The average molecular weight is 276 g/mol. The number of nitrogens with zero attached hydrogens (tertiary/aromatic N) is 1. The Balaban J connectivity index is 1.99. The van der Waals surface area contributed by atoms with Crippen molar-refractivity contribution in [1.82, 2.24) is 4.90 Å².